The molecule has 24 heavy (non-hydrogen) atoms. The highest BCUT2D eigenvalue weighted by Crippen LogP contribution is 2.17. The number of anilines is 1. The van der Waals surface area contributed by atoms with Crippen LogP contribution in [0.4, 0.5) is 5.69 Å². The first-order valence-electron chi connectivity index (χ1n) is 8.30. The third kappa shape index (κ3) is 5.55. The average Bonchev–Trinajstić information content (AvgIpc) is 2.88. The van der Waals surface area contributed by atoms with E-state index >= 15 is 0 Å². The van der Waals surface area contributed by atoms with Crippen LogP contribution in [0.25, 0.3) is 0 Å². The Morgan fingerprint density at radius 1 is 1.50 bits per heavy atom. The number of carbonyl (C=O) groups excluding carboxylic acids is 1. The molecule has 8 heteroatoms. The monoisotopic (exact) mass is 340 g/mol. The third-order valence-corrected chi connectivity index (χ3v) is 3.97. The van der Waals surface area contributed by atoms with Crippen LogP contribution in [0.15, 0.2) is 12.4 Å². The summed E-state index contributed by atoms with van der Waals surface area (Å²) in [7, 11) is 1.79. The van der Waals surface area contributed by atoms with Gasteiger partial charge in [-0.15, -0.1) is 0 Å². The fourth-order valence-corrected chi connectivity index (χ4v) is 2.95. The molecule has 2 heterocycles. The molecular formula is C16H28N4O4. The van der Waals surface area contributed by atoms with Gasteiger partial charge in [-0.2, -0.15) is 5.10 Å². The molecule has 0 aliphatic carbocycles. The van der Waals surface area contributed by atoms with Gasteiger partial charge in [0.25, 0.3) is 0 Å². The Bertz CT molecular complexity index is 534. The van der Waals surface area contributed by atoms with Crippen molar-refractivity contribution in [1.29, 1.82) is 0 Å². The summed E-state index contributed by atoms with van der Waals surface area (Å²) in [4.78, 5) is 14.3. The Morgan fingerprint density at radius 2 is 2.25 bits per heavy atom. The van der Waals surface area contributed by atoms with Crippen LogP contribution < -0.4 is 5.32 Å². The van der Waals surface area contributed by atoms with Gasteiger partial charge in [0.15, 0.2) is 0 Å². The summed E-state index contributed by atoms with van der Waals surface area (Å²) >= 11 is 0. The minimum absolute atomic E-state index is 0.129. The molecule has 1 amide bonds. The first-order valence-corrected chi connectivity index (χ1v) is 8.30. The van der Waals surface area contributed by atoms with Gasteiger partial charge < -0.3 is 20.3 Å². The average molecular weight is 340 g/mol. The Morgan fingerprint density at radius 3 is 2.88 bits per heavy atom. The number of aliphatic hydroxyl groups excluding tert-OH is 2. The molecule has 0 saturated carbocycles. The van der Waals surface area contributed by atoms with Gasteiger partial charge in [-0.05, 0) is 5.92 Å². The number of hydrogen-bond donors (Lipinski definition) is 3. The largest absolute Gasteiger partial charge is 0.390 e. The van der Waals surface area contributed by atoms with Crippen molar-refractivity contribution in [3.8, 4) is 0 Å². The molecule has 1 aliphatic heterocycles. The highest BCUT2D eigenvalue weighted by Gasteiger charge is 2.32. The molecular weight excluding hydrogens is 312 g/mol. The fraction of sp³-hybridized carbons (Fsp3) is 0.750. The minimum Gasteiger partial charge on any atom is -0.390 e. The normalized spacial score (nSPS) is 24.5. The van der Waals surface area contributed by atoms with Crippen LogP contribution in [0.2, 0.25) is 0 Å². The number of amides is 1. The molecule has 1 aromatic heterocycles. The first-order chi connectivity index (χ1) is 11.3. The number of ether oxygens (including phenoxy) is 1. The zero-order chi connectivity index (χ0) is 17.7. The second-order valence-corrected chi connectivity index (χ2v) is 6.89. The Hall–Kier alpha value is -1.48. The molecule has 1 fully saturated rings. The van der Waals surface area contributed by atoms with Gasteiger partial charge in [-0.3, -0.25) is 14.4 Å². The van der Waals surface area contributed by atoms with E-state index in [1.807, 2.05) is 4.90 Å². The van der Waals surface area contributed by atoms with Crippen molar-refractivity contribution in [1.82, 2.24) is 14.7 Å². The number of nitrogens with one attached hydrogen (secondary N) is 1. The molecule has 0 bridgehead atoms. The van der Waals surface area contributed by atoms with Gasteiger partial charge in [-0.25, -0.2) is 0 Å². The second-order valence-electron chi connectivity index (χ2n) is 6.89. The maximum absolute atomic E-state index is 12.3. The van der Waals surface area contributed by atoms with E-state index in [0.29, 0.717) is 24.8 Å². The summed E-state index contributed by atoms with van der Waals surface area (Å²) < 4.78 is 6.95. The number of aliphatic hydroxyl groups is 2. The maximum atomic E-state index is 12.3. The SMILES string of the molecule is CC(C)CN(CC(=O)Nc1cnn(C)c1)C[C@@H]1COC[C@@H](O)[C@H]1O. The maximum Gasteiger partial charge on any atom is 0.238 e. The molecule has 0 unspecified atom stereocenters. The van der Waals surface area contributed by atoms with Crippen LogP contribution in [0, 0.1) is 11.8 Å². The molecule has 3 N–H and O–H groups in total. The summed E-state index contributed by atoms with van der Waals surface area (Å²) in [6.45, 7) is 6.13. The highest BCUT2D eigenvalue weighted by atomic mass is 16.5. The molecule has 2 rings (SSSR count). The van der Waals surface area contributed by atoms with E-state index in [0.717, 1.165) is 6.54 Å². The molecule has 0 radical (unpaired) electrons. The standard InChI is InChI=1S/C16H28N4O4/c1-11(2)5-20(6-12-9-24-10-14(21)16(12)23)8-15(22)18-13-4-17-19(3)7-13/h4,7,11-12,14,16,21,23H,5-6,8-10H2,1-3H3,(H,18,22)/t12-,14-,16+/m1/s1. The summed E-state index contributed by atoms with van der Waals surface area (Å²) in [6, 6.07) is 0. The fourth-order valence-electron chi connectivity index (χ4n) is 2.95. The van der Waals surface area contributed by atoms with Crippen LogP contribution in [0.3, 0.4) is 0 Å². The lowest BCUT2D eigenvalue weighted by atomic mass is 9.95. The molecule has 1 saturated heterocycles. The number of aryl methyl sites for hydroxylation is 1. The van der Waals surface area contributed by atoms with Crippen LogP contribution in [-0.4, -0.2) is 75.9 Å². The van der Waals surface area contributed by atoms with E-state index in [1.165, 1.54) is 0 Å². The van der Waals surface area contributed by atoms with Crippen molar-refractivity contribution in [3.05, 3.63) is 12.4 Å². The van der Waals surface area contributed by atoms with Crippen LogP contribution in [-0.2, 0) is 16.6 Å². The summed E-state index contributed by atoms with van der Waals surface area (Å²) in [5.74, 6) is 0.0388. The Labute approximate surface area is 142 Å². The number of carbonyl (C=O) groups is 1. The van der Waals surface area contributed by atoms with Gasteiger partial charge in [0.05, 0.1) is 37.7 Å². The Balaban J connectivity index is 1.93. The van der Waals surface area contributed by atoms with E-state index in [-0.39, 0.29) is 25.0 Å². The second kappa shape index (κ2) is 8.57. The topological polar surface area (TPSA) is 99.9 Å². The molecule has 0 aromatic carbocycles. The van der Waals surface area contributed by atoms with Gasteiger partial charge in [0, 0.05) is 32.3 Å². The highest BCUT2D eigenvalue weighted by molar-refractivity contribution is 5.91. The molecule has 8 nitrogen and oxygen atoms in total. The quantitative estimate of drug-likeness (QED) is 0.629. The smallest absolute Gasteiger partial charge is 0.238 e. The van der Waals surface area contributed by atoms with Crippen LogP contribution in [0.1, 0.15) is 13.8 Å². The predicted octanol–water partition coefficient (Wildman–Crippen LogP) is -0.315. The van der Waals surface area contributed by atoms with Gasteiger partial charge >= 0.3 is 0 Å². The van der Waals surface area contributed by atoms with Gasteiger partial charge in [-0.1, -0.05) is 13.8 Å². The summed E-state index contributed by atoms with van der Waals surface area (Å²) in [6.07, 6.45) is 1.64. The van der Waals surface area contributed by atoms with Crippen molar-refractivity contribution < 1.29 is 19.7 Å². The molecule has 3 atom stereocenters. The molecule has 1 aliphatic rings. The summed E-state index contributed by atoms with van der Waals surface area (Å²) in [5, 5.41) is 26.7. The van der Waals surface area contributed by atoms with E-state index in [2.05, 4.69) is 24.3 Å². The predicted molar refractivity (Wildman–Crippen MR) is 89.4 cm³/mol. The van der Waals surface area contributed by atoms with E-state index < -0.39 is 12.2 Å². The number of hydrogen-bond acceptors (Lipinski definition) is 6. The van der Waals surface area contributed by atoms with Crippen molar-refractivity contribution >= 4 is 11.6 Å². The number of aromatic nitrogens is 2. The van der Waals surface area contributed by atoms with E-state index in [4.69, 9.17) is 4.74 Å². The Kier molecular flexibility index (Phi) is 6.73. The van der Waals surface area contributed by atoms with Crippen LogP contribution >= 0.6 is 0 Å². The minimum atomic E-state index is -0.867. The summed E-state index contributed by atoms with van der Waals surface area (Å²) in [5.41, 5.74) is 0.656. The van der Waals surface area contributed by atoms with Crippen molar-refractivity contribution in [3.63, 3.8) is 0 Å². The van der Waals surface area contributed by atoms with Gasteiger partial charge in [0.2, 0.25) is 5.91 Å². The van der Waals surface area contributed by atoms with Gasteiger partial charge in [0.1, 0.15) is 6.10 Å². The zero-order valence-electron chi connectivity index (χ0n) is 14.6. The first kappa shape index (κ1) is 18.9. The molecule has 136 valence electrons. The van der Waals surface area contributed by atoms with Crippen molar-refractivity contribution in [2.75, 3.05) is 38.2 Å². The van der Waals surface area contributed by atoms with Crippen molar-refractivity contribution in [2.24, 2.45) is 18.9 Å². The number of rotatable bonds is 7. The lowest BCUT2D eigenvalue weighted by Crippen LogP contribution is -2.50. The van der Waals surface area contributed by atoms with Crippen LogP contribution in [0.5, 0.6) is 0 Å². The zero-order valence-corrected chi connectivity index (χ0v) is 14.6. The van der Waals surface area contributed by atoms with E-state index in [1.54, 1.807) is 24.1 Å². The molecule has 0 spiro atoms. The lowest BCUT2D eigenvalue weighted by molar-refractivity contribution is -0.129. The van der Waals surface area contributed by atoms with E-state index in [9.17, 15) is 15.0 Å². The third-order valence-electron chi connectivity index (χ3n) is 3.97. The molecule has 1 aromatic rings. The van der Waals surface area contributed by atoms with Crippen molar-refractivity contribution in [2.45, 2.75) is 26.1 Å². The lowest BCUT2D eigenvalue weighted by Gasteiger charge is -2.35. The number of nitrogens with zero attached hydrogens (tertiary/aromatic N) is 3.